The Kier molecular flexibility index (Phi) is 7.36. The molecule has 0 atom stereocenters. The molecule has 5 rings (SSSR count). The lowest BCUT2D eigenvalue weighted by molar-refractivity contribution is 0.0111. The number of amides is 1. The van der Waals surface area contributed by atoms with Crippen LogP contribution in [-0.4, -0.2) is 56.9 Å². The largest absolute Gasteiger partial charge is 0.508 e. The summed E-state index contributed by atoms with van der Waals surface area (Å²) in [6.45, 7) is 4.51. The van der Waals surface area contributed by atoms with Gasteiger partial charge in [0.05, 0.1) is 5.39 Å². The zero-order chi connectivity index (χ0) is 25.0. The van der Waals surface area contributed by atoms with Gasteiger partial charge >= 0.3 is 0 Å². The van der Waals surface area contributed by atoms with E-state index in [2.05, 4.69) is 20.3 Å². The molecule has 0 unspecified atom stereocenters. The van der Waals surface area contributed by atoms with Crippen LogP contribution in [0.5, 0.6) is 5.75 Å². The Labute approximate surface area is 210 Å². The normalized spacial score (nSPS) is 18.9. The predicted octanol–water partition coefficient (Wildman–Crippen LogP) is 3.57. The lowest BCUT2D eigenvalue weighted by atomic mass is 9.63. The monoisotopic (exact) mass is 493 g/mol. The maximum Gasteiger partial charge on any atom is 0.287 e. The van der Waals surface area contributed by atoms with E-state index in [0.29, 0.717) is 12.0 Å². The Bertz CT molecular complexity index is 1220. The zero-order valence-electron chi connectivity index (χ0n) is 20.7. The third-order valence-electron chi connectivity index (χ3n) is 8.14. The SMILES string of the molecule is O=C(NCCCN1CCC(Cn2cncn2)(C2CCCCC2)CC1)c1cc(=O)c2cc(O)ccc2o1. The highest BCUT2D eigenvalue weighted by atomic mass is 16.3. The van der Waals surface area contributed by atoms with Gasteiger partial charge in [-0.2, -0.15) is 5.10 Å². The van der Waals surface area contributed by atoms with Gasteiger partial charge in [-0.05, 0) is 81.3 Å². The summed E-state index contributed by atoms with van der Waals surface area (Å²) in [5, 5.41) is 17.1. The van der Waals surface area contributed by atoms with E-state index in [-0.39, 0.29) is 27.9 Å². The number of aromatic hydroxyl groups is 1. The second-order valence-electron chi connectivity index (χ2n) is 10.4. The van der Waals surface area contributed by atoms with Crippen LogP contribution < -0.4 is 10.7 Å². The molecule has 36 heavy (non-hydrogen) atoms. The first-order valence-corrected chi connectivity index (χ1v) is 13.1. The summed E-state index contributed by atoms with van der Waals surface area (Å²) in [6, 6.07) is 5.45. The minimum absolute atomic E-state index is 0.0125. The van der Waals surface area contributed by atoms with Gasteiger partial charge in [0.1, 0.15) is 24.0 Å². The number of rotatable bonds is 8. The third-order valence-corrected chi connectivity index (χ3v) is 8.14. The Morgan fingerprint density at radius 1 is 1.17 bits per heavy atom. The van der Waals surface area contributed by atoms with Gasteiger partial charge in [0.2, 0.25) is 0 Å². The molecule has 1 aliphatic heterocycles. The Hall–Kier alpha value is -3.20. The predicted molar refractivity (Wildman–Crippen MR) is 136 cm³/mol. The van der Waals surface area contributed by atoms with E-state index in [1.54, 1.807) is 6.33 Å². The molecule has 0 bridgehead atoms. The molecule has 9 heteroatoms. The Morgan fingerprint density at radius 3 is 2.72 bits per heavy atom. The van der Waals surface area contributed by atoms with Crippen LogP contribution >= 0.6 is 0 Å². The summed E-state index contributed by atoms with van der Waals surface area (Å²) in [6.07, 6.45) is 13.3. The molecule has 1 saturated heterocycles. The van der Waals surface area contributed by atoms with Crippen LogP contribution in [-0.2, 0) is 6.54 Å². The first-order chi connectivity index (χ1) is 17.5. The van der Waals surface area contributed by atoms with E-state index < -0.39 is 5.91 Å². The number of benzene rings is 1. The maximum absolute atomic E-state index is 12.6. The van der Waals surface area contributed by atoms with Crippen molar-refractivity contribution in [3.8, 4) is 5.75 Å². The van der Waals surface area contributed by atoms with Crippen LogP contribution in [0.4, 0.5) is 0 Å². The van der Waals surface area contributed by atoms with Gasteiger partial charge in [0.25, 0.3) is 5.91 Å². The minimum atomic E-state index is -0.398. The van der Waals surface area contributed by atoms with Crippen LogP contribution in [0.15, 0.2) is 46.1 Å². The Balaban J connectivity index is 1.12. The molecule has 3 heterocycles. The topological polar surface area (TPSA) is 113 Å². The molecule has 1 aliphatic carbocycles. The van der Waals surface area contributed by atoms with Crippen molar-refractivity contribution in [1.82, 2.24) is 25.0 Å². The van der Waals surface area contributed by atoms with Gasteiger partial charge in [-0.1, -0.05) is 19.3 Å². The number of carbonyl (C=O) groups is 1. The number of hydrogen-bond acceptors (Lipinski definition) is 7. The number of hydrogen-bond donors (Lipinski definition) is 2. The first kappa shape index (κ1) is 24.5. The number of phenols is 1. The van der Waals surface area contributed by atoms with Gasteiger partial charge < -0.3 is 19.7 Å². The lowest BCUT2D eigenvalue weighted by Gasteiger charge is -2.48. The second kappa shape index (κ2) is 10.8. The first-order valence-electron chi connectivity index (χ1n) is 13.1. The number of carbonyl (C=O) groups excluding carboxylic acids is 1. The van der Waals surface area contributed by atoms with E-state index in [1.165, 1.54) is 69.2 Å². The van der Waals surface area contributed by atoms with Gasteiger partial charge in [0, 0.05) is 19.2 Å². The van der Waals surface area contributed by atoms with E-state index in [1.807, 2.05) is 11.0 Å². The third kappa shape index (κ3) is 5.46. The van der Waals surface area contributed by atoms with E-state index in [4.69, 9.17) is 4.42 Å². The van der Waals surface area contributed by atoms with Crippen molar-refractivity contribution in [2.24, 2.45) is 11.3 Å². The van der Waals surface area contributed by atoms with Gasteiger partial charge in [-0.15, -0.1) is 0 Å². The quantitative estimate of drug-likeness (QED) is 0.461. The van der Waals surface area contributed by atoms with Crippen molar-refractivity contribution < 1.29 is 14.3 Å². The summed E-state index contributed by atoms with van der Waals surface area (Å²) in [7, 11) is 0. The van der Waals surface area contributed by atoms with E-state index >= 15 is 0 Å². The number of nitrogens with zero attached hydrogens (tertiary/aromatic N) is 4. The number of phenolic OH excluding ortho intramolecular Hbond substituents is 1. The molecule has 192 valence electrons. The molecular weight excluding hydrogens is 458 g/mol. The standard InChI is InChI=1S/C27H35N5O4/c33-21-7-8-24-22(15-21)23(34)16-25(36-24)26(35)29-11-4-12-31-13-9-27(10-14-31,17-32-19-28-18-30-32)20-5-2-1-3-6-20/h7-8,15-16,18-20,33H,1-6,9-14,17H2,(H,29,35). The maximum atomic E-state index is 12.6. The molecule has 0 radical (unpaired) electrons. The number of nitrogens with one attached hydrogen (secondary N) is 1. The highest BCUT2D eigenvalue weighted by Crippen LogP contribution is 2.46. The fourth-order valence-corrected chi connectivity index (χ4v) is 6.12. The molecule has 9 nitrogen and oxygen atoms in total. The van der Waals surface area contributed by atoms with Gasteiger partial charge in [0.15, 0.2) is 11.2 Å². The number of fused-ring (bicyclic) bond motifs is 1. The molecule has 2 N–H and O–H groups in total. The smallest absolute Gasteiger partial charge is 0.287 e. The fourth-order valence-electron chi connectivity index (χ4n) is 6.12. The van der Waals surface area contributed by atoms with Crippen molar-refractivity contribution in [1.29, 1.82) is 0 Å². The highest BCUT2D eigenvalue weighted by molar-refractivity contribution is 5.93. The summed E-state index contributed by atoms with van der Waals surface area (Å²) in [4.78, 5) is 31.5. The molecular formula is C27H35N5O4. The van der Waals surface area contributed by atoms with Gasteiger partial charge in [-0.3, -0.25) is 14.3 Å². The molecule has 2 aromatic heterocycles. The lowest BCUT2D eigenvalue weighted by Crippen LogP contribution is -2.47. The summed E-state index contributed by atoms with van der Waals surface area (Å²) < 4.78 is 7.61. The molecule has 0 spiro atoms. The summed E-state index contributed by atoms with van der Waals surface area (Å²) in [5.74, 6) is 0.336. The average Bonchev–Trinajstić information content (AvgIpc) is 3.41. The van der Waals surface area contributed by atoms with Crippen molar-refractivity contribution in [2.75, 3.05) is 26.2 Å². The van der Waals surface area contributed by atoms with E-state index in [9.17, 15) is 14.7 Å². The average molecular weight is 494 g/mol. The highest BCUT2D eigenvalue weighted by Gasteiger charge is 2.42. The van der Waals surface area contributed by atoms with Crippen molar-refractivity contribution in [2.45, 2.75) is 57.9 Å². The van der Waals surface area contributed by atoms with Crippen LogP contribution in [0.25, 0.3) is 11.0 Å². The van der Waals surface area contributed by atoms with Crippen LogP contribution in [0.1, 0.15) is 61.9 Å². The van der Waals surface area contributed by atoms with Crippen molar-refractivity contribution >= 4 is 16.9 Å². The molecule has 2 fully saturated rings. The fraction of sp³-hybridized carbons (Fsp3) is 0.556. The minimum Gasteiger partial charge on any atom is -0.508 e. The van der Waals surface area contributed by atoms with Crippen LogP contribution in [0, 0.1) is 11.3 Å². The number of aromatic nitrogens is 3. The summed E-state index contributed by atoms with van der Waals surface area (Å²) in [5.41, 5.74) is 0.229. The zero-order valence-corrected chi connectivity index (χ0v) is 20.7. The second-order valence-corrected chi connectivity index (χ2v) is 10.4. The number of likely N-dealkylation sites (tertiary alicyclic amines) is 1. The molecule has 1 aromatic carbocycles. The molecule has 3 aromatic rings. The molecule has 1 amide bonds. The molecule has 2 aliphatic rings. The van der Waals surface area contributed by atoms with Crippen LogP contribution in [0.3, 0.4) is 0 Å². The number of piperidine rings is 1. The van der Waals surface area contributed by atoms with Crippen molar-refractivity contribution in [3.63, 3.8) is 0 Å². The van der Waals surface area contributed by atoms with E-state index in [0.717, 1.165) is 38.5 Å². The van der Waals surface area contributed by atoms with Crippen molar-refractivity contribution in [3.05, 3.63) is 52.9 Å². The summed E-state index contributed by atoms with van der Waals surface area (Å²) >= 11 is 0. The Morgan fingerprint density at radius 2 is 1.97 bits per heavy atom. The van der Waals surface area contributed by atoms with Crippen LogP contribution in [0.2, 0.25) is 0 Å². The molecule has 1 saturated carbocycles. The van der Waals surface area contributed by atoms with Gasteiger partial charge in [-0.25, -0.2) is 4.98 Å².